The van der Waals surface area contributed by atoms with Crippen LogP contribution in [0.1, 0.15) is 38.7 Å². The lowest BCUT2D eigenvalue weighted by Crippen LogP contribution is -2.37. The standard InChI is InChI=1S/C15H21NO2/c1-15(2,3)18-14(17)13-9-12(10-16-13)11-7-5-4-6-8-11/h4-8,12-13,16H,9-10H2,1-3H3/t12-,13-/m0/s1. The van der Waals surface area contributed by atoms with E-state index in [0.717, 1.165) is 13.0 Å². The second kappa shape index (κ2) is 5.11. The van der Waals surface area contributed by atoms with Gasteiger partial charge < -0.3 is 10.1 Å². The average Bonchev–Trinajstić information content (AvgIpc) is 2.77. The Morgan fingerprint density at radius 3 is 2.56 bits per heavy atom. The van der Waals surface area contributed by atoms with Crippen LogP contribution in [0, 0.1) is 0 Å². The molecule has 1 aliphatic heterocycles. The van der Waals surface area contributed by atoms with Gasteiger partial charge in [-0.15, -0.1) is 0 Å². The molecule has 0 aromatic heterocycles. The lowest BCUT2D eigenvalue weighted by molar-refractivity contribution is -0.157. The van der Waals surface area contributed by atoms with Gasteiger partial charge in [0.2, 0.25) is 0 Å². The highest BCUT2D eigenvalue weighted by Gasteiger charge is 2.33. The lowest BCUT2D eigenvalue weighted by Gasteiger charge is -2.22. The van der Waals surface area contributed by atoms with Crippen LogP contribution in [0.5, 0.6) is 0 Å². The van der Waals surface area contributed by atoms with Gasteiger partial charge >= 0.3 is 5.97 Å². The van der Waals surface area contributed by atoms with Crippen LogP contribution in [0.3, 0.4) is 0 Å². The number of nitrogens with one attached hydrogen (secondary N) is 1. The summed E-state index contributed by atoms with van der Waals surface area (Å²) in [5.41, 5.74) is 0.875. The third-order valence-electron chi connectivity index (χ3n) is 3.09. The van der Waals surface area contributed by atoms with Gasteiger partial charge in [-0.1, -0.05) is 30.3 Å². The van der Waals surface area contributed by atoms with Crippen molar-refractivity contribution >= 4 is 5.97 Å². The SMILES string of the molecule is CC(C)(C)OC(=O)[C@@H]1C[C@H](c2ccccc2)CN1. The number of hydrogen-bond acceptors (Lipinski definition) is 3. The maximum absolute atomic E-state index is 12.0. The zero-order chi connectivity index (χ0) is 13.2. The van der Waals surface area contributed by atoms with Crippen molar-refractivity contribution in [3.63, 3.8) is 0 Å². The molecule has 3 nitrogen and oxygen atoms in total. The molecular weight excluding hydrogens is 226 g/mol. The summed E-state index contributed by atoms with van der Waals surface area (Å²) >= 11 is 0. The molecule has 2 atom stereocenters. The summed E-state index contributed by atoms with van der Waals surface area (Å²) in [6.07, 6.45) is 0.818. The second-order valence-corrected chi connectivity index (χ2v) is 5.84. The molecule has 1 aliphatic rings. The first-order valence-electron chi connectivity index (χ1n) is 6.47. The van der Waals surface area contributed by atoms with E-state index in [0.29, 0.717) is 5.92 Å². The van der Waals surface area contributed by atoms with E-state index in [1.807, 2.05) is 39.0 Å². The van der Waals surface area contributed by atoms with E-state index in [4.69, 9.17) is 4.74 Å². The molecule has 0 radical (unpaired) electrons. The first-order chi connectivity index (χ1) is 8.46. The molecule has 0 spiro atoms. The molecule has 0 aliphatic carbocycles. The predicted molar refractivity (Wildman–Crippen MR) is 71.4 cm³/mol. The number of esters is 1. The minimum Gasteiger partial charge on any atom is -0.459 e. The molecule has 0 amide bonds. The summed E-state index contributed by atoms with van der Waals surface area (Å²) in [6.45, 7) is 6.53. The van der Waals surface area contributed by atoms with E-state index in [1.54, 1.807) is 0 Å². The van der Waals surface area contributed by atoms with Crippen LogP contribution in [-0.4, -0.2) is 24.2 Å². The monoisotopic (exact) mass is 247 g/mol. The van der Waals surface area contributed by atoms with E-state index in [1.165, 1.54) is 5.56 Å². The third-order valence-corrected chi connectivity index (χ3v) is 3.09. The van der Waals surface area contributed by atoms with Gasteiger partial charge in [0.25, 0.3) is 0 Å². The van der Waals surface area contributed by atoms with E-state index in [2.05, 4.69) is 17.4 Å². The third kappa shape index (κ3) is 3.33. The van der Waals surface area contributed by atoms with Gasteiger partial charge in [-0.3, -0.25) is 4.79 Å². The van der Waals surface area contributed by atoms with Crippen molar-refractivity contribution in [1.82, 2.24) is 5.32 Å². The van der Waals surface area contributed by atoms with Crippen molar-refractivity contribution in [2.24, 2.45) is 0 Å². The molecule has 1 N–H and O–H groups in total. The molecule has 0 bridgehead atoms. The molecular formula is C15H21NO2. The maximum atomic E-state index is 12.0. The van der Waals surface area contributed by atoms with E-state index in [9.17, 15) is 4.79 Å². The summed E-state index contributed by atoms with van der Waals surface area (Å²) in [7, 11) is 0. The Labute approximate surface area is 109 Å². The Balaban J connectivity index is 1.95. The van der Waals surface area contributed by atoms with Crippen LogP contribution >= 0.6 is 0 Å². The van der Waals surface area contributed by atoms with Crippen molar-refractivity contribution < 1.29 is 9.53 Å². The fraction of sp³-hybridized carbons (Fsp3) is 0.533. The molecule has 1 heterocycles. The molecule has 1 saturated heterocycles. The van der Waals surface area contributed by atoms with Gasteiger partial charge in [-0.25, -0.2) is 0 Å². The summed E-state index contributed by atoms with van der Waals surface area (Å²) in [5.74, 6) is 0.268. The number of benzene rings is 1. The van der Waals surface area contributed by atoms with E-state index >= 15 is 0 Å². The minimum absolute atomic E-state index is 0.138. The Hall–Kier alpha value is -1.35. The predicted octanol–water partition coefficient (Wildman–Crippen LogP) is 2.47. The van der Waals surface area contributed by atoms with Gasteiger partial charge in [0.05, 0.1) is 0 Å². The Kier molecular flexibility index (Phi) is 3.71. The second-order valence-electron chi connectivity index (χ2n) is 5.84. The largest absolute Gasteiger partial charge is 0.459 e. The summed E-state index contributed by atoms with van der Waals surface area (Å²) in [6, 6.07) is 10.1. The van der Waals surface area contributed by atoms with E-state index < -0.39 is 5.60 Å². The zero-order valence-corrected chi connectivity index (χ0v) is 11.3. The van der Waals surface area contributed by atoms with Crippen LogP contribution in [-0.2, 0) is 9.53 Å². The first-order valence-corrected chi connectivity index (χ1v) is 6.47. The smallest absolute Gasteiger partial charge is 0.323 e. The van der Waals surface area contributed by atoms with Crippen LogP contribution in [0.2, 0.25) is 0 Å². The Bertz CT molecular complexity index is 408. The van der Waals surface area contributed by atoms with Crippen molar-refractivity contribution in [2.45, 2.75) is 44.8 Å². The van der Waals surface area contributed by atoms with Crippen LogP contribution in [0.25, 0.3) is 0 Å². The van der Waals surface area contributed by atoms with Crippen molar-refractivity contribution in [1.29, 1.82) is 0 Å². The molecule has 1 fully saturated rings. The molecule has 18 heavy (non-hydrogen) atoms. The molecule has 2 rings (SSSR count). The molecule has 98 valence electrons. The van der Waals surface area contributed by atoms with Gasteiger partial charge in [0, 0.05) is 6.54 Å². The van der Waals surface area contributed by atoms with Gasteiger partial charge in [-0.2, -0.15) is 0 Å². The molecule has 0 unspecified atom stereocenters. The quantitative estimate of drug-likeness (QED) is 0.816. The lowest BCUT2D eigenvalue weighted by atomic mass is 9.96. The highest BCUT2D eigenvalue weighted by Crippen LogP contribution is 2.26. The normalized spacial score (nSPS) is 23.9. The van der Waals surface area contributed by atoms with Gasteiger partial charge in [-0.05, 0) is 38.7 Å². The van der Waals surface area contributed by atoms with Crippen LogP contribution < -0.4 is 5.32 Å². The number of carbonyl (C=O) groups is 1. The van der Waals surface area contributed by atoms with Crippen molar-refractivity contribution in [2.75, 3.05) is 6.54 Å². The highest BCUT2D eigenvalue weighted by atomic mass is 16.6. The number of hydrogen-bond donors (Lipinski definition) is 1. The van der Waals surface area contributed by atoms with Crippen molar-refractivity contribution in [3.8, 4) is 0 Å². The summed E-state index contributed by atoms with van der Waals surface area (Å²) in [5, 5.41) is 3.25. The molecule has 0 saturated carbocycles. The summed E-state index contributed by atoms with van der Waals surface area (Å²) in [4.78, 5) is 12.0. The maximum Gasteiger partial charge on any atom is 0.323 e. The number of rotatable bonds is 2. The zero-order valence-electron chi connectivity index (χ0n) is 11.3. The van der Waals surface area contributed by atoms with Crippen LogP contribution in [0.4, 0.5) is 0 Å². The number of carbonyl (C=O) groups excluding carboxylic acids is 1. The molecule has 1 aromatic carbocycles. The first kappa shape index (κ1) is 13.1. The minimum atomic E-state index is -0.413. The van der Waals surface area contributed by atoms with Crippen LogP contribution in [0.15, 0.2) is 30.3 Å². The Morgan fingerprint density at radius 2 is 1.94 bits per heavy atom. The molecule has 1 aromatic rings. The van der Waals surface area contributed by atoms with Gasteiger partial charge in [0.1, 0.15) is 11.6 Å². The Morgan fingerprint density at radius 1 is 1.28 bits per heavy atom. The topological polar surface area (TPSA) is 38.3 Å². The van der Waals surface area contributed by atoms with Crippen molar-refractivity contribution in [3.05, 3.63) is 35.9 Å². The average molecular weight is 247 g/mol. The fourth-order valence-corrected chi connectivity index (χ4v) is 2.27. The van der Waals surface area contributed by atoms with Gasteiger partial charge in [0.15, 0.2) is 0 Å². The molecule has 3 heteroatoms. The van der Waals surface area contributed by atoms with E-state index in [-0.39, 0.29) is 12.0 Å². The fourth-order valence-electron chi connectivity index (χ4n) is 2.27. The number of ether oxygens (including phenoxy) is 1. The highest BCUT2D eigenvalue weighted by molar-refractivity contribution is 5.76. The summed E-state index contributed by atoms with van der Waals surface area (Å²) < 4.78 is 5.40.